The minimum Gasteiger partial charge on any atom is -0.503 e. The number of phenolic OH excluding ortho intramolecular Hbond substituents is 1. The second kappa shape index (κ2) is 5.91. The number of hydrogen-bond acceptors (Lipinski definition) is 4. The van der Waals surface area contributed by atoms with E-state index in [1.807, 2.05) is 0 Å². The molecule has 24 heavy (non-hydrogen) atoms. The average Bonchev–Trinajstić information content (AvgIpc) is 3.10. The first-order valence-corrected chi connectivity index (χ1v) is 7.13. The number of phenols is 1. The Labute approximate surface area is 135 Å². The van der Waals surface area contributed by atoms with Crippen molar-refractivity contribution in [3.63, 3.8) is 0 Å². The van der Waals surface area contributed by atoms with Crippen LogP contribution in [0, 0.1) is 17.6 Å². The smallest absolute Gasteiger partial charge is 0.229 e. The standard InChI is InChI=1S/C15H14F2N4O3/c1-20-7-10(5-18-20)21-6-8(2-13(21)22)15(24)19-12-4-9(16)3-11(17)14(12)23/h3-5,7-8,23H,2,6H2,1H3,(H,19,24). The van der Waals surface area contributed by atoms with Gasteiger partial charge in [-0.1, -0.05) is 0 Å². The number of aryl methyl sites for hydroxylation is 1. The highest BCUT2D eigenvalue weighted by Gasteiger charge is 2.36. The van der Waals surface area contributed by atoms with Gasteiger partial charge < -0.3 is 15.3 Å². The molecule has 0 radical (unpaired) electrons. The van der Waals surface area contributed by atoms with Gasteiger partial charge in [-0.05, 0) is 0 Å². The Morgan fingerprint density at radius 3 is 2.83 bits per heavy atom. The number of nitrogens with zero attached hydrogens (tertiary/aromatic N) is 3. The zero-order chi connectivity index (χ0) is 17.4. The fourth-order valence-electron chi connectivity index (χ4n) is 2.58. The Kier molecular flexibility index (Phi) is 3.92. The van der Waals surface area contributed by atoms with E-state index in [0.717, 1.165) is 6.07 Å². The van der Waals surface area contributed by atoms with Crippen LogP contribution in [-0.2, 0) is 16.6 Å². The van der Waals surface area contributed by atoms with E-state index in [4.69, 9.17) is 0 Å². The van der Waals surface area contributed by atoms with Crippen molar-refractivity contribution in [2.75, 3.05) is 16.8 Å². The lowest BCUT2D eigenvalue weighted by Gasteiger charge is -2.14. The number of nitrogens with one attached hydrogen (secondary N) is 1. The van der Waals surface area contributed by atoms with E-state index < -0.39 is 29.2 Å². The molecule has 1 fully saturated rings. The Morgan fingerprint density at radius 1 is 1.42 bits per heavy atom. The first-order chi connectivity index (χ1) is 11.3. The maximum absolute atomic E-state index is 13.3. The van der Waals surface area contributed by atoms with Crippen LogP contribution in [0.4, 0.5) is 20.2 Å². The Morgan fingerprint density at radius 2 is 2.17 bits per heavy atom. The van der Waals surface area contributed by atoms with E-state index in [1.165, 1.54) is 15.8 Å². The summed E-state index contributed by atoms with van der Waals surface area (Å²) in [6.07, 6.45) is 3.11. The zero-order valence-electron chi connectivity index (χ0n) is 12.7. The van der Waals surface area contributed by atoms with Crippen molar-refractivity contribution in [1.82, 2.24) is 9.78 Å². The Hall–Kier alpha value is -2.97. The molecule has 0 bridgehead atoms. The highest BCUT2D eigenvalue weighted by Crippen LogP contribution is 2.30. The molecule has 1 unspecified atom stereocenters. The van der Waals surface area contributed by atoms with Gasteiger partial charge in [0.2, 0.25) is 11.8 Å². The first kappa shape index (κ1) is 15.9. The minimum absolute atomic E-state index is 0.0424. The van der Waals surface area contributed by atoms with Crippen LogP contribution in [0.3, 0.4) is 0 Å². The number of rotatable bonds is 3. The number of anilines is 2. The van der Waals surface area contributed by atoms with E-state index in [9.17, 15) is 23.5 Å². The predicted molar refractivity (Wildman–Crippen MR) is 80.3 cm³/mol. The lowest BCUT2D eigenvalue weighted by molar-refractivity contribution is -0.122. The lowest BCUT2D eigenvalue weighted by Crippen LogP contribution is -2.28. The molecule has 1 aromatic heterocycles. The molecule has 1 aliphatic heterocycles. The van der Waals surface area contributed by atoms with Gasteiger partial charge in [0.15, 0.2) is 11.6 Å². The zero-order valence-corrected chi connectivity index (χ0v) is 12.7. The normalized spacial score (nSPS) is 17.4. The van der Waals surface area contributed by atoms with Crippen LogP contribution in [0.1, 0.15) is 6.42 Å². The molecule has 1 aliphatic rings. The van der Waals surface area contributed by atoms with Crippen LogP contribution in [0.2, 0.25) is 0 Å². The number of amides is 2. The van der Waals surface area contributed by atoms with Gasteiger partial charge in [-0.15, -0.1) is 0 Å². The first-order valence-electron chi connectivity index (χ1n) is 7.13. The van der Waals surface area contributed by atoms with Crippen molar-refractivity contribution in [3.8, 4) is 5.75 Å². The second-order valence-corrected chi connectivity index (χ2v) is 5.55. The van der Waals surface area contributed by atoms with E-state index >= 15 is 0 Å². The van der Waals surface area contributed by atoms with Crippen molar-refractivity contribution >= 4 is 23.2 Å². The van der Waals surface area contributed by atoms with Gasteiger partial charge in [-0.2, -0.15) is 5.10 Å². The van der Waals surface area contributed by atoms with Crippen LogP contribution in [0.5, 0.6) is 5.75 Å². The maximum Gasteiger partial charge on any atom is 0.229 e. The minimum atomic E-state index is -1.18. The molecule has 2 heterocycles. The molecule has 2 aromatic rings. The summed E-state index contributed by atoms with van der Waals surface area (Å²) in [6.45, 7) is 0.120. The van der Waals surface area contributed by atoms with Gasteiger partial charge in [0.05, 0.1) is 23.5 Å². The highest BCUT2D eigenvalue weighted by molar-refractivity contribution is 6.03. The van der Waals surface area contributed by atoms with Crippen molar-refractivity contribution < 1.29 is 23.5 Å². The number of halogens is 2. The summed E-state index contributed by atoms with van der Waals surface area (Å²) < 4.78 is 28.0. The van der Waals surface area contributed by atoms with E-state index in [2.05, 4.69) is 10.4 Å². The van der Waals surface area contributed by atoms with Gasteiger partial charge in [-0.3, -0.25) is 14.3 Å². The molecule has 0 aliphatic carbocycles. The third-order valence-electron chi connectivity index (χ3n) is 3.78. The lowest BCUT2D eigenvalue weighted by atomic mass is 10.1. The van der Waals surface area contributed by atoms with E-state index in [0.29, 0.717) is 11.8 Å². The van der Waals surface area contributed by atoms with Gasteiger partial charge in [0.1, 0.15) is 5.82 Å². The third-order valence-corrected chi connectivity index (χ3v) is 3.78. The molecule has 1 aromatic carbocycles. The molecule has 9 heteroatoms. The van der Waals surface area contributed by atoms with E-state index in [1.54, 1.807) is 13.2 Å². The molecular weight excluding hydrogens is 322 g/mol. The third kappa shape index (κ3) is 2.92. The van der Waals surface area contributed by atoms with Crippen molar-refractivity contribution in [2.45, 2.75) is 6.42 Å². The summed E-state index contributed by atoms with van der Waals surface area (Å²) in [5.74, 6) is -4.51. The number of carbonyl (C=O) groups is 2. The fourth-order valence-corrected chi connectivity index (χ4v) is 2.58. The highest BCUT2D eigenvalue weighted by atomic mass is 19.1. The molecule has 2 amide bonds. The molecule has 0 spiro atoms. The number of aromatic hydroxyl groups is 1. The van der Waals surface area contributed by atoms with Gasteiger partial charge >= 0.3 is 0 Å². The molecule has 0 saturated carbocycles. The monoisotopic (exact) mass is 336 g/mol. The Balaban J connectivity index is 1.74. The molecule has 7 nitrogen and oxygen atoms in total. The van der Waals surface area contributed by atoms with Gasteiger partial charge in [0.25, 0.3) is 0 Å². The summed E-state index contributed by atoms with van der Waals surface area (Å²) in [5, 5.41) is 15.8. The molecule has 2 N–H and O–H groups in total. The summed E-state index contributed by atoms with van der Waals surface area (Å²) in [7, 11) is 1.70. The second-order valence-electron chi connectivity index (χ2n) is 5.55. The van der Waals surface area contributed by atoms with Gasteiger partial charge in [0, 0.05) is 38.3 Å². The summed E-state index contributed by atoms with van der Waals surface area (Å²) in [5.41, 5.74) is 0.197. The maximum atomic E-state index is 13.3. The summed E-state index contributed by atoms with van der Waals surface area (Å²) in [4.78, 5) is 25.7. The van der Waals surface area contributed by atoms with Gasteiger partial charge in [-0.25, -0.2) is 8.78 Å². The van der Waals surface area contributed by atoms with Crippen LogP contribution in [0.15, 0.2) is 24.5 Å². The SMILES string of the molecule is Cn1cc(N2CC(C(=O)Nc3cc(F)cc(F)c3O)CC2=O)cn1. The predicted octanol–water partition coefficient (Wildman–Crippen LogP) is 1.40. The van der Waals surface area contributed by atoms with E-state index in [-0.39, 0.29) is 24.6 Å². The molecule has 1 atom stereocenters. The largest absolute Gasteiger partial charge is 0.503 e. The summed E-state index contributed by atoms with van der Waals surface area (Å²) >= 11 is 0. The number of aromatic nitrogens is 2. The van der Waals surface area contributed by atoms with Crippen LogP contribution < -0.4 is 10.2 Å². The number of benzene rings is 1. The Bertz CT molecular complexity index is 821. The molecule has 1 saturated heterocycles. The fraction of sp³-hybridized carbons (Fsp3) is 0.267. The molecular formula is C15H14F2N4O3. The van der Waals surface area contributed by atoms with Crippen molar-refractivity contribution in [3.05, 3.63) is 36.2 Å². The van der Waals surface area contributed by atoms with Crippen LogP contribution in [0.25, 0.3) is 0 Å². The number of carbonyl (C=O) groups excluding carboxylic acids is 2. The van der Waals surface area contributed by atoms with Crippen LogP contribution >= 0.6 is 0 Å². The average molecular weight is 336 g/mol. The molecule has 3 rings (SSSR count). The topological polar surface area (TPSA) is 87.5 Å². The number of hydrogen-bond donors (Lipinski definition) is 2. The quantitative estimate of drug-likeness (QED) is 0.830. The van der Waals surface area contributed by atoms with Crippen molar-refractivity contribution in [2.24, 2.45) is 13.0 Å². The summed E-state index contributed by atoms with van der Waals surface area (Å²) in [6, 6.07) is 1.32. The van der Waals surface area contributed by atoms with Crippen LogP contribution in [-0.4, -0.2) is 33.2 Å². The van der Waals surface area contributed by atoms with Crippen molar-refractivity contribution in [1.29, 1.82) is 0 Å². The molecule has 126 valence electrons.